The van der Waals surface area contributed by atoms with Gasteiger partial charge in [-0.1, -0.05) is 25.1 Å². The van der Waals surface area contributed by atoms with E-state index < -0.39 is 6.10 Å². The highest BCUT2D eigenvalue weighted by Gasteiger charge is 2.15. The molecule has 1 aromatic carbocycles. The van der Waals surface area contributed by atoms with Crippen molar-refractivity contribution in [3.05, 3.63) is 29.8 Å². The number of anilines is 1. The molecule has 0 bridgehead atoms. The van der Waals surface area contributed by atoms with Crippen molar-refractivity contribution in [3.8, 4) is 0 Å². The Bertz CT molecular complexity index is 370. The Morgan fingerprint density at radius 2 is 1.80 bits per heavy atom. The Labute approximate surface area is 122 Å². The van der Waals surface area contributed by atoms with Crippen molar-refractivity contribution in [2.75, 3.05) is 45.4 Å². The average molecular weight is 281 g/mol. The normalized spacial score (nSPS) is 12.4. The molecule has 20 heavy (non-hydrogen) atoms. The van der Waals surface area contributed by atoms with Gasteiger partial charge >= 0.3 is 0 Å². The third-order valence-corrected chi connectivity index (χ3v) is 3.36. The van der Waals surface area contributed by atoms with E-state index in [1.165, 1.54) is 0 Å². The SMILES string of the molecule is CC[C@H](O)c1ccccc1N(CCCOC)CCOC. The molecule has 4 nitrogen and oxygen atoms in total. The summed E-state index contributed by atoms with van der Waals surface area (Å²) in [6.45, 7) is 5.11. The smallest absolute Gasteiger partial charge is 0.0807 e. The number of para-hydroxylation sites is 1. The van der Waals surface area contributed by atoms with Crippen LogP contribution in [0.25, 0.3) is 0 Å². The van der Waals surface area contributed by atoms with Gasteiger partial charge in [-0.25, -0.2) is 0 Å². The van der Waals surface area contributed by atoms with Crippen LogP contribution < -0.4 is 4.90 Å². The molecule has 4 heteroatoms. The first-order valence-electron chi connectivity index (χ1n) is 7.24. The predicted octanol–water partition coefficient (Wildman–Crippen LogP) is 2.62. The molecule has 0 aliphatic heterocycles. The van der Waals surface area contributed by atoms with Gasteiger partial charge in [-0.3, -0.25) is 0 Å². The van der Waals surface area contributed by atoms with Gasteiger partial charge in [0.15, 0.2) is 0 Å². The Kier molecular flexibility index (Phi) is 8.26. The van der Waals surface area contributed by atoms with Crippen LogP contribution in [0.1, 0.15) is 31.4 Å². The van der Waals surface area contributed by atoms with Gasteiger partial charge in [0, 0.05) is 45.2 Å². The first-order valence-corrected chi connectivity index (χ1v) is 7.24. The number of rotatable bonds is 10. The van der Waals surface area contributed by atoms with E-state index in [4.69, 9.17) is 9.47 Å². The number of hydrogen-bond acceptors (Lipinski definition) is 4. The molecule has 0 fully saturated rings. The van der Waals surface area contributed by atoms with Crippen LogP contribution in [0.4, 0.5) is 5.69 Å². The summed E-state index contributed by atoms with van der Waals surface area (Å²) in [6, 6.07) is 8.05. The van der Waals surface area contributed by atoms with Crippen LogP contribution in [0.5, 0.6) is 0 Å². The minimum absolute atomic E-state index is 0.418. The molecule has 0 saturated heterocycles. The Hall–Kier alpha value is -1.10. The highest BCUT2D eigenvalue weighted by molar-refractivity contribution is 5.54. The van der Waals surface area contributed by atoms with E-state index in [1.54, 1.807) is 14.2 Å². The maximum absolute atomic E-state index is 10.2. The lowest BCUT2D eigenvalue weighted by Gasteiger charge is -2.28. The fourth-order valence-corrected chi connectivity index (χ4v) is 2.23. The van der Waals surface area contributed by atoms with Crippen LogP contribution in [-0.2, 0) is 9.47 Å². The van der Waals surface area contributed by atoms with Crippen molar-refractivity contribution in [2.45, 2.75) is 25.9 Å². The van der Waals surface area contributed by atoms with E-state index in [1.807, 2.05) is 25.1 Å². The van der Waals surface area contributed by atoms with E-state index in [9.17, 15) is 5.11 Å². The minimum Gasteiger partial charge on any atom is -0.388 e. The fourth-order valence-electron chi connectivity index (χ4n) is 2.23. The van der Waals surface area contributed by atoms with Gasteiger partial charge in [0.1, 0.15) is 0 Å². The predicted molar refractivity (Wildman–Crippen MR) is 82.3 cm³/mol. The van der Waals surface area contributed by atoms with Crippen LogP contribution in [0.15, 0.2) is 24.3 Å². The van der Waals surface area contributed by atoms with Gasteiger partial charge in [-0.05, 0) is 18.9 Å². The van der Waals surface area contributed by atoms with Gasteiger partial charge in [0.05, 0.1) is 12.7 Å². The standard InChI is InChI=1S/C16H27NO3/c1-4-16(18)14-8-5-6-9-15(14)17(11-13-20-3)10-7-12-19-2/h5-6,8-9,16,18H,4,7,10-13H2,1-3H3/t16-/m0/s1. The van der Waals surface area contributed by atoms with E-state index in [0.717, 1.165) is 37.4 Å². The summed E-state index contributed by atoms with van der Waals surface area (Å²) in [5, 5.41) is 10.2. The second-order valence-electron chi connectivity index (χ2n) is 4.81. The Morgan fingerprint density at radius 1 is 1.10 bits per heavy atom. The molecular weight excluding hydrogens is 254 g/mol. The largest absolute Gasteiger partial charge is 0.388 e. The van der Waals surface area contributed by atoms with Gasteiger partial charge in [-0.15, -0.1) is 0 Å². The second-order valence-corrected chi connectivity index (χ2v) is 4.81. The summed E-state index contributed by atoms with van der Waals surface area (Å²) in [5.41, 5.74) is 2.08. The summed E-state index contributed by atoms with van der Waals surface area (Å²) < 4.78 is 10.3. The molecule has 0 unspecified atom stereocenters. The van der Waals surface area contributed by atoms with E-state index >= 15 is 0 Å². The van der Waals surface area contributed by atoms with Crippen molar-refractivity contribution in [3.63, 3.8) is 0 Å². The molecule has 0 amide bonds. The minimum atomic E-state index is -0.418. The maximum atomic E-state index is 10.2. The Balaban J connectivity index is 2.87. The quantitative estimate of drug-likeness (QED) is 0.669. The van der Waals surface area contributed by atoms with Crippen LogP contribution in [0.2, 0.25) is 0 Å². The number of hydrogen-bond donors (Lipinski definition) is 1. The van der Waals surface area contributed by atoms with Gasteiger partial charge in [0.25, 0.3) is 0 Å². The topological polar surface area (TPSA) is 41.9 Å². The number of ether oxygens (including phenoxy) is 2. The molecule has 0 aromatic heterocycles. The first-order chi connectivity index (χ1) is 9.74. The van der Waals surface area contributed by atoms with Gasteiger partial charge in [0.2, 0.25) is 0 Å². The third-order valence-electron chi connectivity index (χ3n) is 3.36. The molecule has 1 atom stereocenters. The molecule has 1 rings (SSSR count). The molecule has 0 aliphatic carbocycles. The third kappa shape index (κ3) is 5.12. The summed E-state index contributed by atoms with van der Waals surface area (Å²) >= 11 is 0. The summed E-state index contributed by atoms with van der Waals surface area (Å²) in [4.78, 5) is 2.26. The fraction of sp³-hybridized carbons (Fsp3) is 0.625. The lowest BCUT2D eigenvalue weighted by molar-refractivity contribution is 0.173. The lowest BCUT2D eigenvalue weighted by atomic mass is 10.0. The van der Waals surface area contributed by atoms with Crippen LogP contribution in [-0.4, -0.2) is 45.6 Å². The zero-order valence-electron chi connectivity index (χ0n) is 12.8. The van der Waals surface area contributed by atoms with Crippen molar-refractivity contribution in [1.82, 2.24) is 0 Å². The Morgan fingerprint density at radius 3 is 2.45 bits per heavy atom. The molecule has 0 heterocycles. The first kappa shape index (κ1) is 17.0. The molecule has 0 radical (unpaired) electrons. The van der Waals surface area contributed by atoms with Crippen LogP contribution in [0.3, 0.4) is 0 Å². The van der Waals surface area contributed by atoms with Crippen molar-refractivity contribution in [2.24, 2.45) is 0 Å². The molecule has 0 aliphatic rings. The van der Waals surface area contributed by atoms with E-state index in [-0.39, 0.29) is 0 Å². The van der Waals surface area contributed by atoms with Crippen LogP contribution >= 0.6 is 0 Å². The zero-order valence-corrected chi connectivity index (χ0v) is 12.8. The molecule has 1 N–H and O–H groups in total. The number of nitrogens with zero attached hydrogens (tertiary/aromatic N) is 1. The molecular formula is C16H27NO3. The van der Waals surface area contributed by atoms with Crippen molar-refractivity contribution in [1.29, 1.82) is 0 Å². The monoisotopic (exact) mass is 281 g/mol. The van der Waals surface area contributed by atoms with Gasteiger partial charge < -0.3 is 19.5 Å². The van der Waals surface area contributed by atoms with Crippen LogP contribution in [0, 0.1) is 0 Å². The number of aliphatic hydroxyl groups is 1. The molecule has 0 spiro atoms. The highest BCUT2D eigenvalue weighted by Crippen LogP contribution is 2.28. The van der Waals surface area contributed by atoms with Gasteiger partial charge in [-0.2, -0.15) is 0 Å². The zero-order chi connectivity index (χ0) is 14.8. The van der Waals surface area contributed by atoms with E-state index in [0.29, 0.717) is 13.0 Å². The summed E-state index contributed by atoms with van der Waals surface area (Å²) in [5.74, 6) is 0. The van der Waals surface area contributed by atoms with Crippen molar-refractivity contribution >= 4 is 5.69 Å². The number of aliphatic hydroxyl groups excluding tert-OH is 1. The molecule has 0 saturated carbocycles. The second kappa shape index (κ2) is 9.75. The highest BCUT2D eigenvalue weighted by atomic mass is 16.5. The summed E-state index contributed by atoms with van der Waals surface area (Å²) in [7, 11) is 3.43. The lowest BCUT2D eigenvalue weighted by Crippen LogP contribution is -2.30. The summed E-state index contributed by atoms with van der Waals surface area (Å²) in [6.07, 6.45) is 1.25. The molecule has 1 aromatic rings. The number of benzene rings is 1. The van der Waals surface area contributed by atoms with E-state index in [2.05, 4.69) is 11.0 Å². The average Bonchev–Trinajstić information content (AvgIpc) is 2.50. The van der Waals surface area contributed by atoms with Crippen molar-refractivity contribution < 1.29 is 14.6 Å². The maximum Gasteiger partial charge on any atom is 0.0807 e. The molecule has 114 valence electrons. The number of methoxy groups -OCH3 is 2.